The molecule has 0 bridgehead atoms. The van der Waals surface area contributed by atoms with Crippen molar-refractivity contribution in [3.63, 3.8) is 0 Å². The summed E-state index contributed by atoms with van der Waals surface area (Å²) in [5, 5.41) is 0.137. The topological polar surface area (TPSA) is 62.6 Å². The van der Waals surface area contributed by atoms with Gasteiger partial charge in [0.2, 0.25) is 10.0 Å². The highest BCUT2D eigenvalue weighted by atomic mass is 35.5. The molecule has 1 heterocycles. The Balaban J connectivity index is 2.18. The molecule has 1 N–H and O–H groups in total. The quantitative estimate of drug-likeness (QED) is 0.873. The van der Waals surface area contributed by atoms with E-state index in [9.17, 15) is 12.8 Å². The van der Waals surface area contributed by atoms with Gasteiger partial charge in [-0.25, -0.2) is 17.5 Å². The molecule has 22 heavy (non-hydrogen) atoms. The molecule has 1 atom stereocenters. The molecule has 0 fully saturated rings. The van der Waals surface area contributed by atoms with E-state index in [1.165, 1.54) is 12.3 Å². The van der Waals surface area contributed by atoms with Gasteiger partial charge in [-0.2, -0.15) is 0 Å². The minimum Gasteiger partial charge on any atom is -0.468 e. The van der Waals surface area contributed by atoms with Gasteiger partial charge < -0.3 is 4.42 Å². The zero-order valence-electron chi connectivity index (χ0n) is 12.1. The van der Waals surface area contributed by atoms with Crippen LogP contribution >= 0.6 is 11.6 Å². The number of hydrogen-bond acceptors (Lipinski definition) is 4. The SMILES string of the molecule is CN(C)[C@@H](CNS(=O)(=O)c1ccc(Cl)cc1F)c1ccco1. The molecule has 0 radical (unpaired) electrons. The zero-order chi connectivity index (χ0) is 16.3. The Kier molecular flexibility index (Phi) is 5.23. The summed E-state index contributed by atoms with van der Waals surface area (Å²) < 4.78 is 45.9. The van der Waals surface area contributed by atoms with Gasteiger partial charge in [0.1, 0.15) is 16.5 Å². The van der Waals surface area contributed by atoms with Crippen LogP contribution in [0.3, 0.4) is 0 Å². The van der Waals surface area contributed by atoms with E-state index in [1.807, 2.05) is 0 Å². The number of nitrogens with one attached hydrogen (secondary N) is 1. The third-order valence-corrected chi connectivity index (χ3v) is 4.84. The van der Waals surface area contributed by atoms with Crippen LogP contribution in [0.25, 0.3) is 0 Å². The fourth-order valence-corrected chi connectivity index (χ4v) is 3.23. The Bertz CT molecular complexity index is 733. The summed E-state index contributed by atoms with van der Waals surface area (Å²) in [5.74, 6) is -0.274. The van der Waals surface area contributed by atoms with E-state index in [4.69, 9.17) is 16.0 Å². The lowest BCUT2D eigenvalue weighted by molar-refractivity contribution is 0.259. The summed E-state index contributed by atoms with van der Waals surface area (Å²) >= 11 is 5.63. The molecule has 1 aromatic carbocycles. The molecule has 5 nitrogen and oxygen atoms in total. The normalized spacial score (nSPS) is 13.5. The zero-order valence-corrected chi connectivity index (χ0v) is 13.7. The molecule has 0 saturated carbocycles. The fraction of sp³-hybridized carbons (Fsp3) is 0.286. The summed E-state index contributed by atoms with van der Waals surface area (Å²) in [5.41, 5.74) is 0. The predicted octanol–water partition coefficient (Wildman–Crippen LogP) is 2.65. The summed E-state index contributed by atoms with van der Waals surface area (Å²) in [6, 6.07) is 6.60. The van der Waals surface area contributed by atoms with E-state index in [-0.39, 0.29) is 17.6 Å². The Labute approximate surface area is 133 Å². The van der Waals surface area contributed by atoms with Crippen LogP contribution in [0.1, 0.15) is 11.8 Å². The third-order valence-electron chi connectivity index (χ3n) is 3.15. The van der Waals surface area contributed by atoms with E-state index in [0.717, 1.165) is 12.1 Å². The molecule has 0 aliphatic heterocycles. The van der Waals surface area contributed by atoms with Gasteiger partial charge >= 0.3 is 0 Å². The highest BCUT2D eigenvalue weighted by Gasteiger charge is 2.23. The Hall–Kier alpha value is -1.41. The van der Waals surface area contributed by atoms with Crippen LogP contribution in [-0.4, -0.2) is 34.0 Å². The van der Waals surface area contributed by atoms with Crippen molar-refractivity contribution in [3.05, 3.63) is 53.2 Å². The maximum atomic E-state index is 13.8. The fourth-order valence-electron chi connectivity index (χ4n) is 1.98. The molecule has 8 heteroatoms. The molecule has 0 unspecified atom stereocenters. The van der Waals surface area contributed by atoms with Crippen LogP contribution in [-0.2, 0) is 10.0 Å². The van der Waals surface area contributed by atoms with Crippen LogP contribution in [0.2, 0.25) is 5.02 Å². The largest absolute Gasteiger partial charge is 0.468 e. The molecule has 0 saturated heterocycles. The number of rotatable bonds is 6. The van der Waals surface area contributed by atoms with Crippen molar-refractivity contribution in [1.82, 2.24) is 9.62 Å². The molecule has 2 aromatic rings. The van der Waals surface area contributed by atoms with Crippen LogP contribution in [0.15, 0.2) is 45.9 Å². The first-order chi connectivity index (χ1) is 10.3. The Morgan fingerprint density at radius 1 is 1.36 bits per heavy atom. The van der Waals surface area contributed by atoms with Crippen LogP contribution < -0.4 is 4.72 Å². The van der Waals surface area contributed by atoms with Gasteiger partial charge in [-0.05, 0) is 44.4 Å². The van der Waals surface area contributed by atoms with Gasteiger partial charge in [0.05, 0.1) is 12.3 Å². The van der Waals surface area contributed by atoms with Crippen LogP contribution in [0.5, 0.6) is 0 Å². The number of halogens is 2. The van der Waals surface area contributed by atoms with Gasteiger partial charge in [0.25, 0.3) is 0 Å². The van der Waals surface area contributed by atoms with Gasteiger partial charge in [-0.15, -0.1) is 0 Å². The average molecular weight is 347 g/mol. The van der Waals surface area contributed by atoms with Crippen molar-refractivity contribution < 1.29 is 17.2 Å². The molecule has 1 aromatic heterocycles. The van der Waals surface area contributed by atoms with Gasteiger partial charge in [0, 0.05) is 11.6 Å². The van der Waals surface area contributed by atoms with Crippen molar-refractivity contribution >= 4 is 21.6 Å². The van der Waals surface area contributed by atoms with Crippen molar-refractivity contribution in [1.29, 1.82) is 0 Å². The van der Waals surface area contributed by atoms with Crippen molar-refractivity contribution in [2.45, 2.75) is 10.9 Å². The summed E-state index contributed by atoms with van der Waals surface area (Å²) in [6.45, 7) is 0.0465. The lowest BCUT2D eigenvalue weighted by Gasteiger charge is -2.22. The second kappa shape index (κ2) is 6.78. The second-order valence-electron chi connectivity index (χ2n) is 4.92. The van der Waals surface area contributed by atoms with Crippen molar-refractivity contribution in [2.75, 3.05) is 20.6 Å². The van der Waals surface area contributed by atoms with Gasteiger partial charge in [0.15, 0.2) is 0 Å². The molecule has 0 spiro atoms. The molecular weight excluding hydrogens is 331 g/mol. The van der Waals surface area contributed by atoms with E-state index in [0.29, 0.717) is 5.76 Å². The highest BCUT2D eigenvalue weighted by Crippen LogP contribution is 2.21. The minimum absolute atomic E-state index is 0.0465. The first kappa shape index (κ1) is 17.0. The molecule has 2 rings (SSSR count). The summed E-state index contributed by atoms with van der Waals surface area (Å²) in [7, 11) is -0.387. The average Bonchev–Trinajstić information content (AvgIpc) is 2.91. The van der Waals surface area contributed by atoms with Crippen LogP contribution in [0.4, 0.5) is 4.39 Å². The van der Waals surface area contributed by atoms with Crippen molar-refractivity contribution in [3.8, 4) is 0 Å². The van der Waals surface area contributed by atoms with Crippen LogP contribution in [0, 0.1) is 5.82 Å². The number of likely N-dealkylation sites (N-methyl/N-ethyl adjacent to an activating group) is 1. The number of furan rings is 1. The van der Waals surface area contributed by atoms with Gasteiger partial charge in [-0.1, -0.05) is 11.6 Å². The first-order valence-electron chi connectivity index (χ1n) is 6.46. The molecular formula is C14H16ClFN2O3S. The molecule has 0 amide bonds. The number of nitrogens with zero attached hydrogens (tertiary/aromatic N) is 1. The lowest BCUT2D eigenvalue weighted by atomic mass is 10.2. The molecule has 0 aliphatic rings. The first-order valence-corrected chi connectivity index (χ1v) is 8.32. The highest BCUT2D eigenvalue weighted by molar-refractivity contribution is 7.89. The lowest BCUT2D eigenvalue weighted by Crippen LogP contribution is -2.34. The maximum Gasteiger partial charge on any atom is 0.243 e. The Morgan fingerprint density at radius 3 is 2.64 bits per heavy atom. The minimum atomic E-state index is -3.98. The summed E-state index contributed by atoms with van der Waals surface area (Å²) in [6.07, 6.45) is 1.51. The second-order valence-corrected chi connectivity index (χ2v) is 7.09. The van der Waals surface area contributed by atoms with Crippen molar-refractivity contribution in [2.24, 2.45) is 0 Å². The summed E-state index contributed by atoms with van der Waals surface area (Å²) in [4.78, 5) is 1.37. The smallest absolute Gasteiger partial charge is 0.243 e. The number of sulfonamides is 1. The number of benzene rings is 1. The number of hydrogen-bond donors (Lipinski definition) is 1. The van der Waals surface area contributed by atoms with E-state index in [1.54, 1.807) is 31.1 Å². The van der Waals surface area contributed by atoms with E-state index >= 15 is 0 Å². The standard InChI is InChI=1S/C14H16ClFN2O3S/c1-18(2)12(13-4-3-7-21-13)9-17-22(19,20)14-6-5-10(15)8-11(14)16/h3-8,12,17H,9H2,1-2H3/t12-/m0/s1. The predicted molar refractivity (Wildman–Crippen MR) is 81.7 cm³/mol. The maximum absolute atomic E-state index is 13.8. The Morgan fingerprint density at radius 2 is 2.09 bits per heavy atom. The molecule has 0 aliphatic carbocycles. The molecule has 120 valence electrons. The van der Waals surface area contributed by atoms with E-state index in [2.05, 4.69) is 4.72 Å². The van der Waals surface area contributed by atoms with Gasteiger partial charge in [-0.3, -0.25) is 4.90 Å². The third kappa shape index (κ3) is 3.86. The monoisotopic (exact) mass is 346 g/mol. The van der Waals surface area contributed by atoms with E-state index < -0.39 is 20.7 Å².